The molecule has 0 unspecified atom stereocenters. The van der Waals surface area contributed by atoms with E-state index in [0.29, 0.717) is 97.1 Å². The average Bonchev–Trinajstić information content (AvgIpc) is 3.06. The van der Waals surface area contributed by atoms with Gasteiger partial charge in [-0.05, 0) is 43.4 Å². The summed E-state index contributed by atoms with van der Waals surface area (Å²) in [5, 5.41) is 37.3. The van der Waals surface area contributed by atoms with Crippen LogP contribution in [-0.4, -0.2) is 162 Å². The Labute approximate surface area is 295 Å². The number of nitrogens with zero attached hydrogens (tertiary/aromatic N) is 4. The Morgan fingerprint density at radius 2 is 1.14 bits per heavy atom. The fraction of sp³-hybridized carbons (Fsp3) is 0.676. The molecule has 1 aliphatic rings. The van der Waals surface area contributed by atoms with Crippen molar-refractivity contribution in [2.45, 2.75) is 58.0 Å². The van der Waals surface area contributed by atoms with Crippen molar-refractivity contribution in [2.75, 3.05) is 91.8 Å². The van der Waals surface area contributed by atoms with Crippen molar-refractivity contribution >= 4 is 29.7 Å². The van der Waals surface area contributed by atoms with E-state index < -0.39 is 23.9 Å². The summed E-state index contributed by atoms with van der Waals surface area (Å²) in [5.41, 5.74) is 7.49. The van der Waals surface area contributed by atoms with Gasteiger partial charge in [-0.2, -0.15) is 0 Å². The molecule has 1 heterocycles. The zero-order chi connectivity index (χ0) is 36.7. The highest BCUT2D eigenvalue weighted by molar-refractivity contribution is 5.94. The van der Waals surface area contributed by atoms with Crippen LogP contribution in [0.4, 0.5) is 0 Å². The predicted molar refractivity (Wildman–Crippen MR) is 189 cm³/mol. The Bertz CT molecular complexity index is 1160. The maximum absolute atomic E-state index is 12.6. The van der Waals surface area contributed by atoms with Gasteiger partial charge in [-0.25, -0.2) is 0 Å². The van der Waals surface area contributed by atoms with E-state index in [1.165, 1.54) is 0 Å². The maximum Gasteiger partial charge on any atom is 0.317 e. The molecule has 2 amide bonds. The van der Waals surface area contributed by atoms with Gasteiger partial charge in [0.25, 0.3) is 5.91 Å². The maximum atomic E-state index is 12.6. The summed E-state index contributed by atoms with van der Waals surface area (Å²) in [6.07, 6.45) is 5.12. The Balaban J connectivity index is 1.83. The first-order valence-corrected chi connectivity index (χ1v) is 17.6. The molecule has 1 atom stereocenters. The first kappa shape index (κ1) is 42.5. The Kier molecular flexibility index (Phi) is 20.8. The van der Waals surface area contributed by atoms with Crippen molar-refractivity contribution in [3.63, 3.8) is 0 Å². The van der Waals surface area contributed by atoms with Crippen molar-refractivity contribution < 1.29 is 39.3 Å². The molecule has 282 valence electrons. The number of aliphatic carboxylic acids is 3. The van der Waals surface area contributed by atoms with E-state index in [4.69, 9.17) is 5.73 Å². The fourth-order valence-corrected chi connectivity index (χ4v) is 5.56. The van der Waals surface area contributed by atoms with E-state index >= 15 is 0 Å². The molecular formula is C34H58N8O8. The van der Waals surface area contributed by atoms with Crippen LogP contribution in [0.3, 0.4) is 0 Å². The van der Waals surface area contributed by atoms with Crippen LogP contribution < -0.4 is 21.7 Å². The molecule has 0 radical (unpaired) electrons. The van der Waals surface area contributed by atoms with Gasteiger partial charge in [0.15, 0.2) is 0 Å². The van der Waals surface area contributed by atoms with Crippen molar-refractivity contribution in [3.8, 4) is 0 Å². The predicted octanol–water partition coefficient (Wildman–Crippen LogP) is -0.257. The van der Waals surface area contributed by atoms with E-state index in [-0.39, 0.29) is 31.4 Å². The quantitative estimate of drug-likeness (QED) is 0.0820. The number of unbranched alkanes of at least 4 members (excludes halogenated alkanes) is 3. The number of hydrogen-bond donors (Lipinski definition) is 7. The van der Waals surface area contributed by atoms with Gasteiger partial charge < -0.3 is 37.0 Å². The number of hydrogen-bond acceptors (Lipinski definition) is 11. The van der Waals surface area contributed by atoms with Crippen molar-refractivity contribution in [2.24, 2.45) is 5.73 Å². The number of carboxylic acids is 3. The minimum Gasteiger partial charge on any atom is -0.480 e. The number of carboxylic acid groups (broad SMARTS) is 3. The van der Waals surface area contributed by atoms with Crippen molar-refractivity contribution in [1.82, 2.24) is 35.6 Å². The highest BCUT2D eigenvalue weighted by atomic mass is 16.4. The monoisotopic (exact) mass is 706 g/mol. The van der Waals surface area contributed by atoms with Crippen molar-refractivity contribution in [3.05, 3.63) is 35.4 Å². The number of nitrogens with one attached hydrogen (secondary N) is 3. The molecule has 2 rings (SSSR count). The molecule has 1 aliphatic heterocycles. The summed E-state index contributed by atoms with van der Waals surface area (Å²) >= 11 is 0. The summed E-state index contributed by atoms with van der Waals surface area (Å²) in [6, 6.07) is 6.74. The minimum absolute atomic E-state index is 0.129. The summed E-state index contributed by atoms with van der Waals surface area (Å²) in [5.74, 6) is -3.23. The first-order chi connectivity index (χ1) is 24.0. The second-order valence-electron chi connectivity index (χ2n) is 12.8. The molecule has 0 saturated carbocycles. The zero-order valence-electron chi connectivity index (χ0n) is 29.5. The molecule has 1 saturated heterocycles. The highest BCUT2D eigenvalue weighted by Crippen LogP contribution is 2.06. The third-order valence-electron chi connectivity index (χ3n) is 8.53. The van der Waals surface area contributed by atoms with Crippen LogP contribution >= 0.6 is 0 Å². The van der Waals surface area contributed by atoms with Crippen LogP contribution in [0.15, 0.2) is 24.3 Å². The first-order valence-electron chi connectivity index (χ1n) is 17.6. The van der Waals surface area contributed by atoms with Gasteiger partial charge in [0.05, 0.1) is 25.7 Å². The summed E-state index contributed by atoms with van der Waals surface area (Å²) in [6.45, 7) is 7.06. The van der Waals surface area contributed by atoms with E-state index in [2.05, 4.69) is 27.8 Å². The molecule has 0 aliphatic carbocycles. The molecule has 16 nitrogen and oxygen atoms in total. The van der Waals surface area contributed by atoms with Crippen LogP contribution in [0.25, 0.3) is 0 Å². The lowest BCUT2D eigenvalue weighted by Crippen LogP contribution is -2.49. The van der Waals surface area contributed by atoms with Crippen LogP contribution in [0.5, 0.6) is 0 Å². The molecular weight excluding hydrogens is 648 g/mol. The Hall–Kier alpha value is -3.67. The highest BCUT2D eigenvalue weighted by Gasteiger charge is 2.20. The van der Waals surface area contributed by atoms with Gasteiger partial charge in [0, 0.05) is 84.2 Å². The smallest absolute Gasteiger partial charge is 0.317 e. The van der Waals surface area contributed by atoms with Crippen LogP contribution in [0.1, 0.15) is 61.4 Å². The van der Waals surface area contributed by atoms with E-state index in [9.17, 15) is 39.3 Å². The molecule has 0 aromatic heterocycles. The molecule has 50 heavy (non-hydrogen) atoms. The molecule has 1 fully saturated rings. The standard InChI is InChI=1S/C34H58N8O8/c1-2-3-5-12-38-34(50)29(35)7-4-6-13-37-33(49)28-10-8-27(9-11-28)22-36-26-42-20-18-40(24-31(45)46)16-14-39(23-30(43)44)15-17-41(19-21-42)25-32(47)48/h8-11,29,36H,2-7,12-26,35H2,1H3,(H,37,49)(H,38,50)(H,43,44)(H,45,46)(H,47,48)/t29-/m1/s1. The minimum atomic E-state index is -0.994. The van der Waals surface area contributed by atoms with Gasteiger partial charge >= 0.3 is 17.9 Å². The molecule has 0 spiro atoms. The second kappa shape index (κ2) is 24.5. The van der Waals surface area contributed by atoms with Gasteiger partial charge in [-0.3, -0.25) is 43.6 Å². The van der Waals surface area contributed by atoms with Crippen LogP contribution in [-0.2, 0) is 25.7 Å². The summed E-state index contributed by atoms with van der Waals surface area (Å²) < 4.78 is 0. The van der Waals surface area contributed by atoms with Crippen LogP contribution in [0.2, 0.25) is 0 Å². The van der Waals surface area contributed by atoms with Gasteiger partial charge in [-0.1, -0.05) is 31.9 Å². The Morgan fingerprint density at radius 1 is 0.680 bits per heavy atom. The largest absolute Gasteiger partial charge is 0.480 e. The molecule has 1 aromatic carbocycles. The zero-order valence-corrected chi connectivity index (χ0v) is 29.5. The lowest BCUT2D eigenvalue weighted by Gasteiger charge is -2.33. The lowest BCUT2D eigenvalue weighted by atomic mass is 10.1. The summed E-state index contributed by atoms with van der Waals surface area (Å²) in [7, 11) is 0. The van der Waals surface area contributed by atoms with E-state index in [1.54, 1.807) is 26.8 Å². The number of amides is 2. The van der Waals surface area contributed by atoms with Crippen molar-refractivity contribution in [1.29, 1.82) is 0 Å². The number of rotatable bonds is 21. The SMILES string of the molecule is CCCCCNC(=O)[C@H](N)CCCCNC(=O)c1ccc(CNCN2CCN(CC(=O)O)CCN(CC(=O)O)CCN(CC(=O)O)CC2)cc1. The van der Waals surface area contributed by atoms with E-state index in [1.807, 2.05) is 12.1 Å². The topological polar surface area (TPSA) is 221 Å². The van der Waals surface area contributed by atoms with Gasteiger partial charge in [0.1, 0.15) is 0 Å². The van der Waals surface area contributed by atoms with Gasteiger partial charge in [-0.15, -0.1) is 0 Å². The summed E-state index contributed by atoms with van der Waals surface area (Å²) in [4.78, 5) is 66.5. The molecule has 0 bridgehead atoms. The van der Waals surface area contributed by atoms with Crippen LogP contribution in [0, 0.1) is 0 Å². The molecule has 8 N–H and O–H groups in total. The normalized spacial score (nSPS) is 16.5. The number of carbonyl (C=O) groups excluding carboxylic acids is 2. The van der Waals surface area contributed by atoms with E-state index in [0.717, 1.165) is 31.2 Å². The molecule has 1 aromatic rings. The second-order valence-corrected chi connectivity index (χ2v) is 12.8. The third-order valence-corrected chi connectivity index (χ3v) is 8.53. The number of benzene rings is 1. The number of nitrogens with two attached hydrogens (primary N) is 1. The lowest BCUT2D eigenvalue weighted by molar-refractivity contribution is -0.140. The number of carbonyl (C=O) groups is 5. The fourth-order valence-electron chi connectivity index (χ4n) is 5.56. The van der Waals surface area contributed by atoms with Gasteiger partial charge in [0.2, 0.25) is 5.91 Å². The average molecular weight is 707 g/mol. The third kappa shape index (κ3) is 18.9. The molecule has 16 heteroatoms. The Morgan fingerprint density at radius 3 is 1.62 bits per heavy atom.